The minimum absolute atomic E-state index is 0.183. The summed E-state index contributed by atoms with van der Waals surface area (Å²) >= 11 is 0. The first-order valence-corrected chi connectivity index (χ1v) is 9.47. The van der Waals surface area contributed by atoms with E-state index in [9.17, 15) is 13.2 Å². The Balaban J connectivity index is 1.71. The molecule has 2 aliphatic carbocycles. The van der Waals surface area contributed by atoms with Crippen molar-refractivity contribution in [3.8, 4) is 0 Å². The van der Waals surface area contributed by atoms with Crippen molar-refractivity contribution in [3.63, 3.8) is 0 Å². The molecule has 5 nitrogen and oxygen atoms in total. The van der Waals surface area contributed by atoms with Crippen LogP contribution in [0.3, 0.4) is 0 Å². The first kappa shape index (κ1) is 14.6. The van der Waals surface area contributed by atoms with Crippen LogP contribution in [0.15, 0.2) is 12.3 Å². The number of carbonyl (C=O) groups excluding carboxylic acids is 1. The van der Waals surface area contributed by atoms with Gasteiger partial charge in [-0.25, -0.2) is 8.42 Å². The Kier molecular flexibility index (Phi) is 3.59. The van der Waals surface area contributed by atoms with Crippen molar-refractivity contribution in [2.24, 2.45) is 0 Å². The van der Waals surface area contributed by atoms with Crippen LogP contribution in [0.2, 0.25) is 0 Å². The summed E-state index contributed by atoms with van der Waals surface area (Å²) in [5.74, 6) is 0.309. The third-order valence-corrected chi connectivity index (χ3v) is 7.02. The number of aromatic nitrogens is 1. The van der Waals surface area contributed by atoms with Gasteiger partial charge in [0.1, 0.15) is 5.69 Å². The minimum Gasteiger partial charge on any atom is -0.357 e. The van der Waals surface area contributed by atoms with Crippen molar-refractivity contribution >= 4 is 15.7 Å². The predicted molar refractivity (Wildman–Crippen MR) is 81.1 cm³/mol. The molecule has 0 aromatic carbocycles. The van der Waals surface area contributed by atoms with E-state index in [2.05, 4.69) is 10.3 Å². The van der Waals surface area contributed by atoms with Crippen LogP contribution in [0.4, 0.5) is 0 Å². The van der Waals surface area contributed by atoms with E-state index >= 15 is 0 Å². The molecule has 2 fully saturated rings. The largest absolute Gasteiger partial charge is 0.357 e. The highest BCUT2D eigenvalue weighted by atomic mass is 32.2. The number of aromatic amines is 1. The van der Waals surface area contributed by atoms with Gasteiger partial charge in [0.15, 0.2) is 9.84 Å². The second-order valence-electron chi connectivity index (χ2n) is 6.43. The first-order valence-electron chi connectivity index (χ1n) is 7.58. The normalized spacial score (nSPS) is 21.4. The van der Waals surface area contributed by atoms with Gasteiger partial charge in [0.05, 0.1) is 4.75 Å². The van der Waals surface area contributed by atoms with Gasteiger partial charge in [-0.2, -0.15) is 0 Å². The van der Waals surface area contributed by atoms with Crippen molar-refractivity contribution in [3.05, 3.63) is 23.5 Å². The van der Waals surface area contributed by atoms with Crippen molar-refractivity contribution in [2.75, 3.05) is 12.8 Å². The minimum atomic E-state index is -3.17. The number of amides is 1. The third kappa shape index (κ3) is 2.73. The fourth-order valence-electron chi connectivity index (χ4n) is 3.34. The highest BCUT2D eigenvalue weighted by Crippen LogP contribution is 2.41. The van der Waals surface area contributed by atoms with E-state index in [1.54, 1.807) is 6.20 Å². The molecule has 0 aliphatic heterocycles. The Morgan fingerprint density at radius 1 is 1.38 bits per heavy atom. The molecule has 0 radical (unpaired) electrons. The van der Waals surface area contributed by atoms with Gasteiger partial charge in [0, 0.05) is 19.0 Å². The molecule has 0 unspecified atom stereocenters. The smallest absolute Gasteiger partial charge is 0.268 e. The molecule has 21 heavy (non-hydrogen) atoms. The number of carbonyl (C=O) groups is 1. The maximum absolute atomic E-state index is 12.3. The summed E-state index contributed by atoms with van der Waals surface area (Å²) in [4.78, 5) is 15.3. The Hall–Kier alpha value is -1.30. The zero-order valence-corrected chi connectivity index (χ0v) is 13.1. The summed E-state index contributed by atoms with van der Waals surface area (Å²) in [6.07, 6.45) is 8.45. The molecule has 6 heteroatoms. The molecule has 2 saturated carbocycles. The van der Waals surface area contributed by atoms with Gasteiger partial charge in [-0.05, 0) is 43.2 Å². The molecule has 0 spiro atoms. The van der Waals surface area contributed by atoms with Crippen LogP contribution < -0.4 is 5.32 Å². The molecule has 1 heterocycles. The Labute approximate surface area is 125 Å². The van der Waals surface area contributed by atoms with Gasteiger partial charge < -0.3 is 10.3 Å². The predicted octanol–water partition coefficient (Wildman–Crippen LogP) is 1.98. The number of hydrogen-bond donors (Lipinski definition) is 2. The molecule has 116 valence electrons. The molecule has 1 aromatic rings. The first-order chi connectivity index (χ1) is 9.93. The highest BCUT2D eigenvalue weighted by molar-refractivity contribution is 7.92. The molecule has 3 rings (SSSR count). The molecular weight excluding hydrogens is 288 g/mol. The van der Waals surface area contributed by atoms with Crippen LogP contribution in [0.5, 0.6) is 0 Å². The number of H-pyrrole nitrogens is 1. The van der Waals surface area contributed by atoms with Gasteiger partial charge in [0.2, 0.25) is 0 Å². The monoisotopic (exact) mass is 310 g/mol. The SMILES string of the molecule is CS(=O)(=O)C1(CNC(=O)c2[nH]ccc2C2CC2)CCCC1. The van der Waals surface area contributed by atoms with E-state index in [0.29, 0.717) is 24.5 Å². The van der Waals surface area contributed by atoms with Crippen molar-refractivity contribution in [1.29, 1.82) is 0 Å². The number of rotatable bonds is 5. The molecule has 1 amide bonds. The Morgan fingerprint density at radius 3 is 2.62 bits per heavy atom. The lowest BCUT2D eigenvalue weighted by atomic mass is 10.1. The lowest BCUT2D eigenvalue weighted by Gasteiger charge is -2.27. The average Bonchev–Trinajstić information content (AvgIpc) is 2.96. The zero-order valence-electron chi connectivity index (χ0n) is 12.3. The molecule has 0 saturated heterocycles. The summed E-state index contributed by atoms with van der Waals surface area (Å²) in [5.41, 5.74) is 1.66. The second-order valence-corrected chi connectivity index (χ2v) is 8.84. The van der Waals surface area contributed by atoms with Crippen LogP contribution >= 0.6 is 0 Å². The summed E-state index contributed by atoms with van der Waals surface area (Å²) < 4.78 is 23.4. The third-order valence-electron chi connectivity index (χ3n) is 4.90. The van der Waals surface area contributed by atoms with Gasteiger partial charge in [-0.15, -0.1) is 0 Å². The lowest BCUT2D eigenvalue weighted by Crippen LogP contribution is -2.46. The highest BCUT2D eigenvalue weighted by Gasteiger charge is 2.43. The standard InChI is InChI=1S/C15H22N2O3S/c1-21(19,20)15(7-2-3-8-15)10-17-14(18)13-12(6-9-16-13)11-4-5-11/h6,9,11,16H,2-5,7-8,10H2,1H3,(H,17,18). The summed E-state index contributed by atoms with van der Waals surface area (Å²) in [5, 5.41) is 2.85. The van der Waals surface area contributed by atoms with Crippen LogP contribution in [-0.4, -0.2) is 36.9 Å². The van der Waals surface area contributed by atoms with Crippen LogP contribution in [-0.2, 0) is 9.84 Å². The van der Waals surface area contributed by atoms with Crippen LogP contribution in [0.1, 0.15) is 60.5 Å². The van der Waals surface area contributed by atoms with Crippen molar-refractivity contribution in [2.45, 2.75) is 49.2 Å². The average molecular weight is 310 g/mol. The maximum atomic E-state index is 12.3. The molecule has 2 N–H and O–H groups in total. The maximum Gasteiger partial charge on any atom is 0.268 e. The van der Waals surface area contributed by atoms with E-state index in [0.717, 1.165) is 31.2 Å². The zero-order chi connectivity index (χ0) is 15.1. The second kappa shape index (κ2) is 5.16. The van der Waals surface area contributed by atoms with Crippen molar-refractivity contribution < 1.29 is 13.2 Å². The molecular formula is C15H22N2O3S. The fourth-order valence-corrected chi connectivity index (χ4v) is 4.70. The Bertz CT molecular complexity index is 638. The quantitative estimate of drug-likeness (QED) is 0.873. The lowest BCUT2D eigenvalue weighted by molar-refractivity contribution is 0.0944. The van der Waals surface area contributed by atoms with E-state index in [1.807, 2.05) is 6.07 Å². The number of nitrogens with one attached hydrogen (secondary N) is 2. The summed E-state index contributed by atoms with van der Waals surface area (Å²) in [6.45, 7) is 0.216. The topological polar surface area (TPSA) is 79.0 Å². The van der Waals surface area contributed by atoms with Crippen LogP contribution in [0, 0.1) is 0 Å². The van der Waals surface area contributed by atoms with Crippen molar-refractivity contribution in [1.82, 2.24) is 10.3 Å². The molecule has 1 aromatic heterocycles. The van der Waals surface area contributed by atoms with Gasteiger partial charge >= 0.3 is 0 Å². The summed E-state index contributed by atoms with van der Waals surface area (Å²) in [6, 6.07) is 1.95. The number of hydrogen-bond acceptors (Lipinski definition) is 3. The summed E-state index contributed by atoms with van der Waals surface area (Å²) in [7, 11) is -3.17. The van der Waals surface area contributed by atoms with Gasteiger partial charge in [-0.3, -0.25) is 4.79 Å². The van der Waals surface area contributed by atoms with E-state index in [4.69, 9.17) is 0 Å². The van der Waals surface area contributed by atoms with E-state index < -0.39 is 14.6 Å². The van der Waals surface area contributed by atoms with E-state index in [1.165, 1.54) is 6.26 Å². The number of sulfone groups is 1. The molecule has 0 atom stereocenters. The van der Waals surface area contributed by atoms with Gasteiger partial charge in [0.25, 0.3) is 5.91 Å². The van der Waals surface area contributed by atoms with E-state index in [-0.39, 0.29) is 12.5 Å². The van der Waals surface area contributed by atoms with Crippen LogP contribution in [0.25, 0.3) is 0 Å². The fraction of sp³-hybridized carbons (Fsp3) is 0.667. The molecule has 2 aliphatic rings. The molecule has 0 bridgehead atoms. The van der Waals surface area contributed by atoms with Gasteiger partial charge in [-0.1, -0.05) is 12.8 Å². The Morgan fingerprint density at radius 2 is 2.05 bits per heavy atom.